The molecule has 0 aromatic carbocycles. The Balaban J connectivity index is 2.88. The summed E-state index contributed by atoms with van der Waals surface area (Å²) in [7, 11) is 0. The summed E-state index contributed by atoms with van der Waals surface area (Å²) in [5.74, 6) is -0.415. The number of aryl methyl sites for hydroxylation is 2. The zero-order valence-electron chi connectivity index (χ0n) is 8.30. The maximum Gasteiger partial charge on any atom is 0.260 e. The molecule has 0 aliphatic rings. The molecule has 0 spiro atoms. The van der Waals surface area contributed by atoms with Gasteiger partial charge in [-0.25, -0.2) is 4.98 Å². The molecule has 2 heterocycles. The Kier molecular flexibility index (Phi) is 2.52. The highest BCUT2D eigenvalue weighted by Gasteiger charge is 2.16. The fourth-order valence-corrected chi connectivity index (χ4v) is 3.67. The third-order valence-electron chi connectivity index (χ3n) is 2.15. The van der Waals surface area contributed by atoms with Crippen LogP contribution in [0.1, 0.15) is 20.9 Å². The van der Waals surface area contributed by atoms with Crippen molar-refractivity contribution in [1.29, 1.82) is 0 Å². The summed E-state index contributed by atoms with van der Waals surface area (Å²) in [5.41, 5.74) is 7.33. The van der Waals surface area contributed by atoms with Crippen molar-refractivity contribution < 1.29 is 4.79 Å². The summed E-state index contributed by atoms with van der Waals surface area (Å²) >= 11 is 4.73. The summed E-state index contributed by atoms with van der Waals surface area (Å²) in [4.78, 5) is 16.9. The van der Waals surface area contributed by atoms with Crippen LogP contribution in [0.3, 0.4) is 0 Å². The van der Waals surface area contributed by atoms with E-state index in [1.165, 1.54) is 11.3 Å². The fourth-order valence-electron chi connectivity index (χ4n) is 1.56. The van der Waals surface area contributed by atoms with Gasteiger partial charge in [0.2, 0.25) is 0 Å². The first-order chi connectivity index (χ1) is 7.00. The van der Waals surface area contributed by atoms with Gasteiger partial charge in [-0.3, -0.25) is 4.79 Å². The Morgan fingerprint density at radius 1 is 1.53 bits per heavy atom. The molecule has 78 valence electrons. The van der Waals surface area contributed by atoms with Gasteiger partial charge in [0, 0.05) is 11.1 Å². The van der Waals surface area contributed by atoms with Gasteiger partial charge in [0.25, 0.3) is 5.91 Å². The maximum absolute atomic E-state index is 11.2. The van der Waals surface area contributed by atoms with Gasteiger partial charge in [0.1, 0.15) is 9.71 Å². The van der Waals surface area contributed by atoms with E-state index in [9.17, 15) is 4.79 Å². The second kappa shape index (κ2) is 3.57. The van der Waals surface area contributed by atoms with E-state index < -0.39 is 5.91 Å². The van der Waals surface area contributed by atoms with E-state index in [4.69, 9.17) is 5.73 Å². The average Bonchev–Trinajstić information content (AvgIpc) is 2.42. The lowest BCUT2D eigenvalue weighted by Crippen LogP contribution is -2.09. The molecule has 3 nitrogen and oxygen atoms in total. The van der Waals surface area contributed by atoms with Gasteiger partial charge < -0.3 is 5.73 Å². The topological polar surface area (TPSA) is 56.0 Å². The van der Waals surface area contributed by atoms with Crippen molar-refractivity contribution in [3.05, 3.63) is 26.7 Å². The SMILES string of the molecule is Cc1cc(C)c2c(Br)c(C(N)=O)sc2n1. The van der Waals surface area contributed by atoms with Crippen molar-refractivity contribution in [3.8, 4) is 0 Å². The Morgan fingerprint density at radius 2 is 2.20 bits per heavy atom. The molecule has 15 heavy (non-hydrogen) atoms. The molecule has 0 atom stereocenters. The van der Waals surface area contributed by atoms with Gasteiger partial charge >= 0.3 is 0 Å². The Morgan fingerprint density at radius 3 is 2.80 bits per heavy atom. The van der Waals surface area contributed by atoms with E-state index >= 15 is 0 Å². The Bertz CT molecular complexity index is 562. The number of rotatable bonds is 1. The number of hydrogen-bond donors (Lipinski definition) is 1. The number of nitrogens with two attached hydrogens (primary N) is 1. The van der Waals surface area contributed by atoms with Crippen molar-refractivity contribution in [2.24, 2.45) is 5.73 Å². The van der Waals surface area contributed by atoms with Crippen molar-refractivity contribution in [2.75, 3.05) is 0 Å². The van der Waals surface area contributed by atoms with Crippen LogP contribution in [0.5, 0.6) is 0 Å². The van der Waals surface area contributed by atoms with Crippen molar-refractivity contribution >= 4 is 43.4 Å². The maximum atomic E-state index is 11.2. The molecule has 1 amide bonds. The summed E-state index contributed by atoms with van der Waals surface area (Å²) in [5, 5.41) is 0.986. The quantitative estimate of drug-likeness (QED) is 0.876. The van der Waals surface area contributed by atoms with Crippen LogP contribution in [-0.4, -0.2) is 10.9 Å². The van der Waals surface area contributed by atoms with Crippen LogP contribution in [0.4, 0.5) is 0 Å². The molecular weight excluding hydrogens is 276 g/mol. The highest BCUT2D eigenvalue weighted by atomic mass is 79.9. The number of fused-ring (bicyclic) bond motifs is 1. The third kappa shape index (κ3) is 1.66. The normalized spacial score (nSPS) is 10.9. The second-order valence-electron chi connectivity index (χ2n) is 3.37. The first-order valence-corrected chi connectivity index (χ1v) is 5.97. The number of carbonyl (C=O) groups is 1. The van der Waals surface area contributed by atoms with Gasteiger partial charge in [-0.1, -0.05) is 0 Å². The summed E-state index contributed by atoms with van der Waals surface area (Å²) < 4.78 is 0.764. The van der Waals surface area contributed by atoms with Gasteiger partial charge in [-0.2, -0.15) is 0 Å². The predicted molar refractivity (Wildman–Crippen MR) is 65.3 cm³/mol. The minimum Gasteiger partial charge on any atom is -0.365 e. The number of aromatic nitrogens is 1. The lowest BCUT2D eigenvalue weighted by Gasteiger charge is -1.98. The number of hydrogen-bond acceptors (Lipinski definition) is 3. The molecule has 2 aromatic rings. The van der Waals surface area contributed by atoms with Crippen molar-refractivity contribution in [3.63, 3.8) is 0 Å². The van der Waals surface area contributed by atoms with Gasteiger partial charge in [-0.05, 0) is 41.4 Å². The molecule has 0 saturated carbocycles. The molecule has 0 aliphatic carbocycles. The minimum absolute atomic E-state index is 0.415. The average molecular weight is 285 g/mol. The zero-order valence-corrected chi connectivity index (χ0v) is 10.7. The molecule has 0 bridgehead atoms. The fraction of sp³-hybridized carbons (Fsp3) is 0.200. The van der Waals surface area contributed by atoms with Gasteiger partial charge in [0.05, 0.1) is 4.47 Å². The van der Waals surface area contributed by atoms with Crippen molar-refractivity contribution in [2.45, 2.75) is 13.8 Å². The predicted octanol–water partition coefficient (Wildman–Crippen LogP) is 2.77. The summed E-state index contributed by atoms with van der Waals surface area (Å²) in [6.07, 6.45) is 0. The van der Waals surface area contributed by atoms with Crippen LogP contribution in [0.15, 0.2) is 10.5 Å². The van der Waals surface area contributed by atoms with Crippen LogP contribution in [0.25, 0.3) is 10.2 Å². The lowest BCUT2D eigenvalue weighted by molar-refractivity contribution is 0.100. The van der Waals surface area contributed by atoms with E-state index in [2.05, 4.69) is 20.9 Å². The highest BCUT2D eigenvalue weighted by Crippen LogP contribution is 2.36. The number of nitrogens with zero attached hydrogens (tertiary/aromatic N) is 1. The van der Waals surface area contributed by atoms with Gasteiger partial charge in [0.15, 0.2) is 0 Å². The minimum atomic E-state index is -0.415. The molecule has 0 aliphatic heterocycles. The first kappa shape index (κ1) is 10.6. The Labute approximate surface area is 99.4 Å². The highest BCUT2D eigenvalue weighted by molar-refractivity contribution is 9.10. The smallest absolute Gasteiger partial charge is 0.260 e. The number of thiophene rings is 1. The number of primary amides is 1. The first-order valence-electron chi connectivity index (χ1n) is 4.36. The van der Waals surface area contributed by atoms with Crippen LogP contribution < -0.4 is 5.73 Å². The number of amides is 1. The van der Waals surface area contributed by atoms with Crippen molar-refractivity contribution in [1.82, 2.24) is 4.98 Å². The number of halogens is 1. The molecule has 0 radical (unpaired) electrons. The summed E-state index contributed by atoms with van der Waals surface area (Å²) in [6.45, 7) is 3.93. The third-order valence-corrected chi connectivity index (χ3v) is 4.31. The van der Waals surface area contributed by atoms with E-state index in [1.54, 1.807) is 0 Å². The molecule has 2 aromatic heterocycles. The molecular formula is C10H9BrN2OS. The molecule has 2 rings (SSSR count). The molecule has 2 N–H and O–H groups in total. The lowest BCUT2D eigenvalue weighted by atomic mass is 10.2. The largest absolute Gasteiger partial charge is 0.365 e. The van der Waals surface area contributed by atoms with E-state index in [0.29, 0.717) is 4.88 Å². The van der Waals surface area contributed by atoms with Crippen LogP contribution in [-0.2, 0) is 0 Å². The van der Waals surface area contributed by atoms with Gasteiger partial charge in [-0.15, -0.1) is 11.3 Å². The summed E-state index contributed by atoms with van der Waals surface area (Å²) in [6, 6.07) is 1.99. The number of pyridine rings is 1. The number of carbonyl (C=O) groups excluding carboxylic acids is 1. The molecule has 0 unspecified atom stereocenters. The van der Waals surface area contributed by atoms with Crippen LogP contribution in [0, 0.1) is 13.8 Å². The molecule has 0 fully saturated rings. The van der Waals surface area contributed by atoms with E-state index in [1.807, 2.05) is 19.9 Å². The second-order valence-corrected chi connectivity index (χ2v) is 5.16. The van der Waals surface area contributed by atoms with E-state index in [0.717, 1.165) is 25.9 Å². The van der Waals surface area contributed by atoms with Crippen LogP contribution in [0.2, 0.25) is 0 Å². The molecule has 0 saturated heterocycles. The van der Waals surface area contributed by atoms with Crippen LogP contribution >= 0.6 is 27.3 Å². The standard InChI is InChI=1S/C10H9BrN2OS/c1-4-3-5(2)13-10-6(4)7(11)8(15-10)9(12)14/h3H,1-2H3,(H2,12,14). The Hall–Kier alpha value is -0.940. The molecule has 5 heteroatoms. The monoisotopic (exact) mass is 284 g/mol. The zero-order chi connectivity index (χ0) is 11.2. The van der Waals surface area contributed by atoms with E-state index in [-0.39, 0.29) is 0 Å².